The Morgan fingerprint density at radius 1 is 1.33 bits per heavy atom. The highest BCUT2D eigenvalue weighted by Gasteiger charge is 2.60. The molecule has 8 heteroatoms. The van der Waals surface area contributed by atoms with Crippen LogP contribution in [0.3, 0.4) is 0 Å². The molecule has 1 spiro atoms. The summed E-state index contributed by atoms with van der Waals surface area (Å²) in [5, 5.41) is 9.37. The summed E-state index contributed by atoms with van der Waals surface area (Å²) < 4.78 is 9.38. The number of esters is 2. The SMILES string of the molecule is CN1C(=N)NC(=O)C12OC(=O)CC(=O)O2. The molecule has 0 aromatic rings. The number of nitrogens with one attached hydrogen (secondary N) is 2. The van der Waals surface area contributed by atoms with Crippen molar-refractivity contribution in [3.8, 4) is 0 Å². The van der Waals surface area contributed by atoms with Gasteiger partial charge in [0.1, 0.15) is 6.42 Å². The molecular formula is C7H7N3O5. The van der Waals surface area contributed by atoms with Crippen molar-refractivity contribution in [3.05, 3.63) is 0 Å². The van der Waals surface area contributed by atoms with Gasteiger partial charge >= 0.3 is 23.8 Å². The first-order chi connectivity index (χ1) is 6.95. The minimum atomic E-state index is -2.14. The van der Waals surface area contributed by atoms with Gasteiger partial charge in [0, 0.05) is 7.05 Å². The third kappa shape index (κ3) is 1.14. The topological polar surface area (TPSA) is 109 Å². The van der Waals surface area contributed by atoms with Crippen molar-refractivity contribution in [2.75, 3.05) is 7.05 Å². The highest BCUT2D eigenvalue weighted by molar-refractivity contribution is 6.09. The Hall–Kier alpha value is -2.12. The molecule has 80 valence electrons. The zero-order chi connectivity index (χ0) is 11.2. The molecule has 0 aromatic heterocycles. The summed E-state index contributed by atoms with van der Waals surface area (Å²) in [6.45, 7) is 0. The van der Waals surface area contributed by atoms with Gasteiger partial charge in [-0.1, -0.05) is 0 Å². The predicted octanol–water partition coefficient (Wildman–Crippen LogP) is -1.87. The van der Waals surface area contributed by atoms with Crippen LogP contribution in [0.15, 0.2) is 0 Å². The number of ether oxygens (including phenoxy) is 2. The lowest BCUT2D eigenvalue weighted by Crippen LogP contribution is -2.57. The van der Waals surface area contributed by atoms with E-state index in [2.05, 4.69) is 5.32 Å². The van der Waals surface area contributed by atoms with E-state index in [-0.39, 0.29) is 5.96 Å². The molecule has 0 bridgehead atoms. The molecule has 15 heavy (non-hydrogen) atoms. The number of hydrogen-bond donors (Lipinski definition) is 2. The maximum Gasteiger partial charge on any atom is 0.429 e. The summed E-state index contributed by atoms with van der Waals surface area (Å²) in [5.41, 5.74) is 0. The molecule has 2 heterocycles. The van der Waals surface area contributed by atoms with E-state index in [1.807, 2.05) is 0 Å². The maximum atomic E-state index is 11.4. The summed E-state index contributed by atoms with van der Waals surface area (Å²) in [6, 6.07) is 0. The lowest BCUT2D eigenvalue weighted by Gasteiger charge is -2.33. The van der Waals surface area contributed by atoms with Crippen LogP contribution in [0.2, 0.25) is 0 Å². The van der Waals surface area contributed by atoms with Gasteiger partial charge in [0.25, 0.3) is 0 Å². The number of likely N-dealkylation sites (N-methyl/N-ethyl adjacent to an activating group) is 1. The molecule has 2 N–H and O–H groups in total. The van der Waals surface area contributed by atoms with Gasteiger partial charge in [-0.05, 0) is 0 Å². The molecule has 0 unspecified atom stereocenters. The Kier molecular flexibility index (Phi) is 1.69. The minimum absolute atomic E-state index is 0.303. The van der Waals surface area contributed by atoms with E-state index in [0.717, 1.165) is 4.90 Å². The van der Waals surface area contributed by atoms with Crippen LogP contribution < -0.4 is 5.32 Å². The van der Waals surface area contributed by atoms with Crippen molar-refractivity contribution in [1.29, 1.82) is 5.41 Å². The highest BCUT2D eigenvalue weighted by atomic mass is 16.8. The van der Waals surface area contributed by atoms with Gasteiger partial charge in [-0.25, -0.2) is 0 Å². The smallest absolute Gasteiger partial charge is 0.395 e. The molecular weight excluding hydrogens is 206 g/mol. The Morgan fingerprint density at radius 3 is 2.27 bits per heavy atom. The quantitative estimate of drug-likeness (QED) is 0.360. The second kappa shape index (κ2) is 2.69. The molecule has 0 radical (unpaired) electrons. The molecule has 2 aliphatic rings. The summed E-state index contributed by atoms with van der Waals surface area (Å²) in [6.07, 6.45) is -0.532. The molecule has 2 aliphatic heterocycles. The minimum Gasteiger partial charge on any atom is -0.395 e. The van der Waals surface area contributed by atoms with Crippen LogP contribution in [0.4, 0.5) is 0 Å². The van der Waals surface area contributed by atoms with Gasteiger partial charge in [-0.2, -0.15) is 0 Å². The largest absolute Gasteiger partial charge is 0.429 e. The Balaban J connectivity index is 2.40. The van der Waals surface area contributed by atoms with Crippen LogP contribution in [0.5, 0.6) is 0 Å². The van der Waals surface area contributed by atoms with Crippen LogP contribution in [0.25, 0.3) is 0 Å². The summed E-state index contributed by atoms with van der Waals surface area (Å²) in [5.74, 6) is -5.02. The summed E-state index contributed by atoms with van der Waals surface area (Å²) >= 11 is 0. The monoisotopic (exact) mass is 213 g/mol. The van der Waals surface area contributed by atoms with Crippen LogP contribution in [0, 0.1) is 5.41 Å². The van der Waals surface area contributed by atoms with E-state index in [9.17, 15) is 14.4 Å². The number of nitrogens with zero attached hydrogens (tertiary/aromatic N) is 1. The van der Waals surface area contributed by atoms with E-state index < -0.39 is 30.2 Å². The van der Waals surface area contributed by atoms with Gasteiger partial charge in [0.05, 0.1) is 0 Å². The second-order valence-electron chi connectivity index (χ2n) is 3.07. The van der Waals surface area contributed by atoms with Gasteiger partial charge < -0.3 is 9.47 Å². The molecule has 2 fully saturated rings. The second-order valence-corrected chi connectivity index (χ2v) is 3.07. The number of hydrogen-bond acceptors (Lipinski definition) is 6. The summed E-state index contributed by atoms with van der Waals surface area (Å²) in [7, 11) is 1.30. The zero-order valence-electron chi connectivity index (χ0n) is 7.70. The van der Waals surface area contributed by atoms with Gasteiger partial charge in [0.15, 0.2) is 0 Å². The average Bonchev–Trinajstić information content (AvgIpc) is 2.30. The molecule has 0 aromatic carbocycles. The maximum absolute atomic E-state index is 11.4. The van der Waals surface area contributed by atoms with Crippen LogP contribution in [-0.2, 0) is 23.9 Å². The lowest BCUT2D eigenvalue weighted by atomic mass is 10.3. The van der Waals surface area contributed by atoms with E-state index in [1.54, 1.807) is 0 Å². The van der Waals surface area contributed by atoms with Gasteiger partial charge in [-0.3, -0.25) is 30.0 Å². The lowest BCUT2D eigenvalue weighted by molar-refractivity contribution is -0.264. The first-order valence-electron chi connectivity index (χ1n) is 4.03. The molecule has 2 saturated heterocycles. The van der Waals surface area contributed by atoms with E-state index >= 15 is 0 Å². The number of carbonyl (C=O) groups is 3. The van der Waals surface area contributed by atoms with Crippen molar-refractivity contribution in [2.24, 2.45) is 0 Å². The highest BCUT2D eigenvalue weighted by Crippen LogP contribution is 2.27. The zero-order valence-corrected chi connectivity index (χ0v) is 7.70. The van der Waals surface area contributed by atoms with Crippen molar-refractivity contribution < 1.29 is 23.9 Å². The molecule has 8 nitrogen and oxygen atoms in total. The van der Waals surface area contributed by atoms with Crippen LogP contribution in [-0.4, -0.2) is 41.7 Å². The third-order valence-electron chi connectivity index (χ3n) is 2.09. The average molecular weight is 213 g/mol. The first kappa shape index (κ1) is 9.44. The molecule has 0 saturated carbocycles. The number of amides is 1. The Bertz CT molecular complexity index is 374. The van der Waals surface area contributed by atoms with Crippen molar-refractivity contribution in [1.82, 2.24) is 10.2 Å². The van der Waals surface area contributed by atoms with Crippen LogP contribution in [0.1, 0.15) is 6.42 Å². The fourth-order valence-electron chi connectivity index (χ4n) is 1.32. The number of guanidine groups is 1. The fraction of sp³-hybridized carbons (Fsp3) is 0.429. The third-order valence-corrected chi connectivity index (χ3v) is 2.09. The van der Waals surface area contributed by atoms with E-state index in [0.29, 0.717) is 0 Å². The van der Waals surface area contributed by atoms with E-state index in [4.69, 9.17) is 14.9 Å². The molecule has 0 atom stereocenters. The molecule has 1 amide bonds. The number of rotatable bonds is 0. The first-order valence-corrected chi connectivity index (χ1v) is 4.03. The summed E-state index contributed by atoms with van der Waals surface area (Å²) in [4.78, 5) is 34.4. The fourth-order valence-corrected chi connectivity index (χ4v) is 1.32. The Morgan fingerprint density at radius 2 is 1.87 bits per heavy atom. The van der Waals surface area contributed by atoms with Gasteiger partial charge in [0.2, 0.25) is 5.96 Å². The number of carbonyl (C=O) groups excluding carboxylic acids is 3. The van der Waals surface area contributed by atoms with Gasteiger partial charge in [-0.15, -0.1) is 0 Å². The molecule has 0 aliphatic carbocycles. The normalized spacial score (nSPS) is 23.9. The van der Waals surface area contributed by atoms with E-state index in [1.165, 1.54) is 7.05 Å². The predicted molar refractivity (Wildman–Crippen MR) is 43.2 cm³/mol. The van der Waals surface area contributed by atoms with Crippen molar-refractivity contribution in [3.63, 3.8) is 0 Å². The Labute approximate surface area is 83.6 Å². The van der Waals surface area contributed by atoms with Crippen molar-refractivity contribution in [2.45, 2.75) is 12.3 Å². The van der Waals surface area contributed by atoms with Crippen molar-refractivity contribution >= 4 is 23.8 Å². The molecule has 2 rings (SSSR count). The van der Waals surface area contributed by atoms with Crippen LogP contribution >= 0.6 is 0 Å². The standard InChI is InChI=1S/C7H7N3O5/c1-10-6(8)9-5(13)7(10)14-3(11)2-4(12)15-7/h2H2,1H3,(H2,8,9,13).